The zero-order valence-electron chi connectivity index (χ0n) is 35.0. The van der Waals surface area contributed by atoms with Gasteiger partial charge in [-0.2, -0.15) is 0 Å². The lowest BCUT2D eigenvalue weighted by molar-refractivity contribution is -0.134. The van der Waals surface area contributed by atoms with Crippen molar-refractivity contribution in [2.45, 2.75) is 13.8 Å². The fourth-order valence-electron chi connectivity index (χ4n) is 7.97. The fourth-order valence-corrected chi connectivity index (χ4v) is 27.6. The molecular weight excluding hydrogens is 849 g/mol. The van der Waals surface area contributed by atoms with Gasteiger partial charge in [0.2, 0.25) is 0 Å². The van der Waals surface area contributed by atoms with Gasteiger partial charge in [0.05, 0.1) is 0 Å². The number of carbonyl (C=O) groups is 2. The van der Waals surface area contributed by atoms with Gasteiger partial charge in [0.15, 0.2) is 0 Å². The molecule has 8 aromatic rings. The highest BCUT2D eigenvalue weighted by Crippen LogP contribution is 2.28. The SMILES string of the molecule is CC(=O)O[Si](O[Si](O[Si](O[Si](OC(C)=O)(c1ccccc1)c1ccccc1)(c1ccccc1)c1ccccc1)(c1ccccc1)c1ccccc1)(c1ccccc1)c1ccccc1. The smallest absolute Gasteiger partial charge is 0.462 e. The molecule has 0 atom stereocenters. The van der Waals surface area contributed by atoms with Gasteiger partial charge in [0.25, 0.3) is 11.9 Å². The van der Waals surface area contributed by atoms with Crippen LogP contribution in [0.15, 0.2) is 243 Å². The van der Waals surface area contributed by atoms with Crippen LogP contribution in [0.25, 0.3) is 0 Å². The maximum Gasteiger partial charge on any atom is 0.462 e. The molecule has 0 fully saturated rings. The Labute approximate surface area is 373 Å². The number of hydrogen-bond acceptors (Lipinski definition) is 7. The second-order valence-electron chi connectivity index (χ2n) is 14.9. The molecule has 312 valence electrons. The summed E-state index contributed by atoms with van der Waals surface area (Å²) in [6.45, 7) is 2.84. The van der Waals surface area contributed by atoms with E-state index in [1.165, 1.54) is 13.8 Å². The molecule has 0 bridgehead atoms. The minimum Gasteiger partial charge on any atom is -0.488 e. The standard InChI is InChI=1S/C52H46O7Si4/c1-43(53)55-60(45-27-11-3-12-28-45,46-29-13-4-14-30-46)57-62(49-35-19-7-20-36-49,50-37-21-8-22-38-50)59-63(51-39-23-9-24-40-51,52-41-25-10-26-42-52)58-61(56-44(2)54,47-31-15-5-16-32-47)48-33-17-6-18-34-48/h3-42H,1-2H3. The Kier molecular flexibility index (Phi) is 13.2. The molecule has 0 aliphatic rings. The van der Waals surface area contributed by atoms with Gasteiger partial charge in [0, 0.05) is 34.6 Å². The Morgan fingerprint density at radius 1 is 0.254 bits per heavy atom. The highest BCUT2D eigenvalue weighted by atomic mass is 28.5. The highest BCUT2D eigenvalue weighted by Gasteiger charge is 2.64. The predicted octanol–water partition coefficient (Wildman–Crippen LogP) is 5.19. The van der Waals surface area contributed by atoms with Gasteiger partial charge >= 0.3 is 34.2 Å². The summed E-state index contributed by atoms with van der Waals surface area (Å²) in [6, 6.07) is 78.5. The van der Waals surface area contributed by atoms with Gasteiger partial charge in [-0.25, -0.2) is 0 Å². The Balaban J connectivity index is 1.54. The second-order valence-corrected chi connectivity index (χ2v) is 27.3. The van der Waals surface area contributed by atoms with Crippen molar-refractivity contribution in [3.05, 3.63) is 243 Å². The molecule has 0 saturated heterocycles. The lowest BCUT2D eigenvalue weighted by atomic mass is 10.4. The van der Waals surface area contributed by atoms with E-state index in [-0.39, 0.29) is 0 Å². The van der Waals surface area contributed by atoms with Crippen molar-refractivity contribution in [2.75, 3.05) is 0 Å². The van der Waals surface area contributed by atoms with E-state index >= 15 is 0 Å². The largest absolute Gasteiger partial charge is 0.488 e. The molecule has 0 spiro atoms. The van der Waals surface area contributed by atoms with Crippen LogP contribution in [0.5, 0.6) is 0 Å². The normalized spacial score (nSPS) is 12.0. The van der Waals surface area contributed by atoms with Crippen molar-refractivity contribution >= 4 is 87.7 Å². The minimum atomic E-state index is -4.36. The van der Waals surface area contributed by atoms with Gasteiger partial charge in [-0.1, -0.05) is 243 Å². The van der Waals surface area contributed by atoms with Crippen LogP contribution >= 0.6 is 0 Å². The summed E-state index contributed by atoms with van der Waals surface area (Å²) < 4.78 is 38.3. The molecule has 0 radical (unpaired) electrons. The number of rotatable bonds is 16. The molecule has 0 amide bonds. The second kappa shape index (κ2) is 19.2. The summed E-state index contributed by atoms with van der Waals surface area (Å²) in [4.78, 5) is 27.5. The number of benzene rings is 8. The van der Waals surface area contributed by atoms with Crippen LogP contribution < -0.4 is 41.5 Å². The van der Waals surface area contributed by atoms with E-state index in [4.69, 9.17) is 21.2 Å². The first-order chi connectivity index (χ1) is 30.8. The number of hydrogen-bond donors (Lipinski definition) is 0. The van der Waals surface area contributed by atoms with Crippen molar-refractivity contribution in [1.29, 1.82) is 0 Å². The summed E-state index contributed by atoms with van der Waals surface area (Å²) >= 11 is 0. The maximum absolute atomic E-state index is 13.7. The van der Waals surface area contributed by atoms with E-state index < -0.39 is 46.2 Å². The summed E-state index contributed by atoms with van der Waals surface area (Å²) in [5.41, 5.74) is 0. The van der Waals surface area contributed by atoms with Gasteiger partial charge in [0.1, 0.15) is 0 Å². The molecule has 0 heterocycles. The first-order valence-electron chi connectivity index (χ1n) is 20.7. The van der Waals surface area contributed by atoms with Crippen LogP contribution in [-0.2, 0) is 30.8 Å². The molecule has 11 heteroatoms. The first kappa shape index (κ1) is 43.1. The quantitative estimate of drug-likeness (QED) is 0.124. The Bertz CT molecular complexity index is 2350. The van der Waals surface area contributed by atoms with Gasteiger partial charge in [-0.15, -0.1) is 0 Å². The topological polar surface area (TPSA) is 80.3 Å². The van der Waals surface area contributed by atoms with Gasteiger partial charge in [-0.05, 0) is 20.7 Å². The third kappa shape index (κ3) is 8.89. The zero-order valence-corrected chi connectivity index (χ0v) is 39.0. The average molecular weight is 895 g/mol. The minimum absolute atomic E-state index is 0.501. The Morgan fingerprint density at radius 3 is 0.556 bits per heavy atom. The summed E-state index contributed by atoms with van der Waals surface area (Å²) in [5.74, 6) is -1.00. The van der Waals surface area contributed by atoms with E-state index in [0.717, 1.165) is 20.7 Å². The van der Waals surface area contributed by atoms with Crippen molar-refractivity contribution in [1.82, 2.24) is 0 Å². The Morgan fingerprint density at radius 2 is 0.397 bits per heavy atom. The average Bonchev–Trinajstić information content (AvgIpc) is 3.35. The lowest BCUT2D eigenvalue weighted by Crippen LogP contribution is -2.83. The van der Waals surface area contributed by atoms with E-state index in [9.17, 15) is 9.59 Å². The van der Waals surface area contributed by atoms with Crippen LogP contribution in [0.4, 0.5) is 0 Å². The third-order valence-corrected chi connectivity index (χ3v) is 27.5. The molecule has 7 nitrogen and oxygen atoms in total. The van der Waals surface area contributed by atoms with Crippen molar-refractivity contribution in [3.8, 4) is 0 Å². The van der Waals surface area contributed by atoms with Crippen molar-refractivity contribution in [3.63, 3.8) is 0 Å². The van der Waals surface area contributed by atoms with Crippen LogP contribution in [-0.4, -0.2) is 46.2 Å². The van der Waals surface area contributed by atoms with Crippen LogP contribution in [0.3, 0.4) is 0 Å². The molecule has 0 aromatic heterocycles. The van der Waals surface area contributed by atoms with Crippen LogP contribution in [0.2, 0.25) is 0 Å². The summed E-state index contributed by atoms with van der Waals surface area (Å²) in [6.07, 6.45) is 0. The van der Waals surface area contributed by atoms with E-state index in [1.807, 2.05) is 243 Å². The van der Waals surface area contributed by atoms with Crippen LogP contribution in [0.1, 0.15) is 13.8 Å². The van der Waals surface area contributed by atoms with Crippen molar-refractivity contribution < 1.29 is 30.8 Å². The molecular formula is C52H46O7Si4. The fraction of sp³-hybridized carbons (Fsp3) is 0.0385. The highest BCUT2D eigenvalue weighted by molar-refractivity contribution is 7.12. The molecule has 63 heavy (non-hydrogen) atoms. The molecule has 8 rings (SSSR count). The third-order valence-electron chi connectivity index (χ3n) is 10.7. The van der Waals surface area contributed by atoms with E-state index in [2.05, 4.69) is 0 Å². The van der Waals surface area contributed by atoms with Gasteiger partial charge in [-0.3, -0.25) is 9.59 Å². The summed E-state index contributed by atoms with van der Waals surface area (Å²) in [5, 5.41) is 5.84. The van der Waals surface area contributed by atoms with E-state index in [0.29, 0.717) is 20.7 Å². The Hall–Kier alpha value is -6.55. The van der Waals surface area contributed by atoms with Crippen molar-refractivity contribution in [2.24, 2.45) is 0 Å². The predicted molar refractivity (Wildman–Crippen MR) is 258 cm³/mol. The first-order valence-corrected chi connectivity index (χ1v) is 28.0. The molecule has 0 N–H and O–H groups in total. The summed E-state index contributed by atoms with van der Waals surface area (Å²) in [7, 11) is -17.0. The monoisotopic (exact) mass is 894 g/mol. The molecule has 0 aliphatic carbocycles. The maximum atomic E-state index is 13.7. The number of carbonyl (C=O) groups excluding carboxylic acids is 2. The molecule has 0 unspecified atom stereocenters. The molecule has 8 aromatic carbocycles. The zero-order chi connectivity index (χ0) is 43.6. The molecule has 0 saturated carbocycles. The van der Waals surface area contributed by atoms with Crippen LogP contribution in [0, 0.1) is 0 Å². The molecule has 0 aliphatic heterocycles. The lowest BCUT2D eigenvalue weighted by Gasteiger charge is -2.47. The van der Waals surface area contributed by atoms with E-state index in [1.54, 1.807) is 0 Å². The van der Waals surface area contributed by atoms with Gasteiger partial charge < -0.3 is 21.2 Å².